The summed E-state index contributed by atoms with van der Waals surface area (Å²) in [7, 11) is 0. The number of hydrogen-bond donors (Lipinski definition) is 0. The molecule has 0 spiro atoms. The lowest BCUT2D eigenvalue weighted by atomic mass is 10.0. The molecule has 0 unspecified atom stereocenters. The number of likely N-dealkylation sites (tertiary alicyclic amines) is 1. The summed E-state index contributed by atoms with van der Waals surface area (Å²) in [5, 5.41) is 8.34. The van der Waals surface area contributed by atoms with Crippen molar-refractivity contribution in [3.8, 4) is 0 Å². The van der Waals surface area contributed by atoms with Crippen LogP contribution in [-0.4, -0.2) is 38.9 Å². The van der Waals surface area contributed by atoms with Gasteiger partial charge < -0.3 is 9.32 Å². The van der Waals surface area contributed by atoms with Crippen molar-refractivity contribution in [2.75, 3.05) is 13.1 Å². The van der Waals surface area contributed by atoms with Crippen molar-refractivity contribution < 1.29 is 9.21 Å². The Balaban J connectivity index is 1.50. The number of nitrogens with zero attached hydrogens (tertiary/aromatic N) is 4. The van der Waals surface area contributed by atoms with Crippen molar-refractivity contribution in [2.24, 2.45) is 0 Å². The lowest BCUT2D eigenvalue weighted by molar-refractivity contribution is -0.130. The molecule has 1 fully saturated rings. The third-order valence-electron chi connectivity index (χ3n) is 4.36. The highest BCUT2D eigenvalue weighted by Gasteiger charge is 2.18. The minimum absolute atomic E-state index is 0.221. The highest BCUT2D eigenvalue weighted by atomic mass is 16.3. The number of carbonyl (C=O) groups excluding carboxylic acids is 1. The molecule has 1 saturated heterocycles. The Kier molecular flexibility index (Phi) is 4.79. The topological polar surface area (TPSA) is 64.2 Å². The van der Waals surface area contributed by atoms with Gasteiger partial charge in [-0.15, -0.1) is 5.10 Å². The molecule has 0 saturated carbocycles. The van der Waals surface area contributed by atoms with Gasteiger partial charge in [0.15, 0.2) is 0 Å². The van der Waals surface area contributed by atoms with Gasteiger partial charge in [0, 0.05) is 38.0 Å². The van der Waals surface area contributed by atoms with Crippen LogP contribution < -0.4 is 0 Å². The van der Waals surface area contributed by atoms with Crippen LogP contribution in [0.4, 0.5) is 0 Å². The fraction of sp³-hybridized carbons (Fsp3) is 0.588. The molecule has 124 valence electrons. The Labute approximate surface area is 136 Å². The van der Waals surface area contributed by atoms with Crippen LogP contribution in [-0.2, 0) is 17.8 Å². The molecule has 1 aliphatic rings. The third-order valence-corrected chi connectivity index (χ3v) is 4.36. The summed E-state index contributed by atoms with van der Waals surface area (Å²) in [4.78, 5) is 14.0. The summed E-state index contributed by atoms with van der Waals surface area (Å²) >= 11 is 0. The zero-order valence-electron chi connectivity index (χ0n) is 13.9. The second kappa shape index (κ2) is 6.98. The molecule has 0 bridgehead atoms. The van der Waals surface area contributed by atoms with Gasteiger partial charge in [-0.1, -0.05) is 12.1 Å². The van der Waals surface area contributed by atoms with Crippen molar-refractivity contribution in [3.05, 3.63) is 35.5 Å². The van der Waals surface area contributed by atoms with E-state index in [9.17, 15) is 4.79 Å². The number of carbonyl (C=O) groups is 1. The number of amides is 1. The molecule has 6 heteroatoms. The number of aryl methyl sites for hydroxylation is 2. The molecule has 3 heterocycles. The van der Waals surface area contributed by atoms with Crippen molar-refractivity contribution in [2.45, 2.75) is 52.0 Å². The van der Waals surface area contributed by atoms with Gasteiger partial charge >= 0.3 is 0 Å². The largest absolute Gasteiger partial charge is 0.466 e. The Morgan fingerprint density at radius 1 is 1.35 bits per heavy atom. The summed E-state index contributed by atoms with van der Waals surface area (Å²) in [6.45, 7) is 6.47. The van der Waals surface area contributed by atoms with Crippen LogP contribution in [0, 0.1) is 6.92 Å². The average molecular weight is 316 g/mol. The first kappa shape index (κ1) is 15.8. The van der Waals surface area contributed by atoms with Gasteiger partial charge in [-0.25, -0.2) is 0 Å². The van der Waals surface area contributed by atoms with Gasteiger partial charge in [0.1, 0.15) is 11.5 Å². The second-order valence-corrected chi connectivity index (χ2v) is 6.36. The third kappa shape index (κ3) is 4.00. The molecular weight excluding hydrogens is 292 g/mol. The standard InChI is InChI=1S/C17H24N4O2/c1-13(16-6-5-14(2)23-16)11-15-12-21(19-18-15)10-7-17(22)20-8-3-4-9-20/h5-6,12-13H,3-4,7-11H2,1-2H3/t13-/m1/s1. The summed E-state index contributed by atoms with van der Waals surface area (Å²) in [6, 6.07) is 3.99. The van der Waals surface area contributed by atoms with E-state index in [0.29, 0.717) is 13.0 Å². The van der Waals surface area contributed by atoms with E-state index in [4.69, 9.17) is 4.42 Å². The Bertz CT molecular complexity index is 655. The molecule has 1 aliphatic heterocycles. The number of rotatable bonds is 6. The highest BCUT2D eigenvalue weighted by molar-refractivity contribution is 5.76. The molecule has 2 aromatic rings. The SMILES string of the molecule is Cc1ccc([C@H](C)Cc2cn(CCC(=O)N3CCCC3)nn2)o1. The zero-order chi connectivity index (χ0) is 16.2. The molecule has 1 amide bonds. The summed E-state index contributed by atoms with van der Waals surface area (Å²) in [5.41, 5.74) is 0.931. The molecule has 1 atom stereocenters. The van der Waals surface area contributed by atoms with Gasteiger partial charge in [-0.3, -0.25) is 9.48 Å². The van der Waals surface area contributed by atoms with Crippen LogP contribution in [0.25, 0.3) is 0 Å². The van der Waals surface area contributed by atoms with E-state index in [1.165, 1.54) is 0 Å². The minimum atomic E-state index is 0.221. The number of hydrogen-bond acceptors (Lipinski definition) is 4. The van der Waals surface area contributed by atoms with E-state index in [0.717, 1.165) is 49.6 Å². The van der Waals surface area contributed by atoms with Gasteiger partial charge in [0.25, 0.3) is 0 Å². The van der Waals surface area contributed by atoms with E-state index in [1.807, 2.05) is 30.2 Å². The van der Waals surface area contributed by atoms with Crippen LogP contribution in [0.3, 0.4) is 0 Å². The summed E-state index contributed by atoms with van der Waals surface area (Å²) in [6.07, 6.45) is 5.47. The number of furan rings is 1. The van der Waals surface area contributed by atoms with E-state index in [1.54, 1.807) is 4.68 Å². The van der Waals surface area contributed by atoms with Crippen molar-refractivity contribution in [1.82, 2.24) is 19.9 Å². The van der Waals surface area contributed by atoms with Crippen molar-refractivity contribution in [1.29, 1.82) is 0 Å². The molecule has 0 aromatic carbocycles. The maximum atomic E-state index is 12.0. The van der Waals surface area contributed by atoms with E-state index in [-0.39, 0.29) is 11.8 Å². The first-order valence-electron chi connectivity index (χ1n) is 8.35. The van der Waals surface area contributed by atoms with E-state index >= 15 is 0 Å². The molecular formula is C17H24N4O2. The highest BCUT2D eigenvalue weighted by Crippen LogP contribution is 2.21. The zero-order valence-corrected chi connectivity index (χ0v) is 13.9. The molecule has 0 radical (unpaired) electrons. The summed E-state index contributed by atoms with van der Waals surface area (Å²) in [5.74, 6) is 2.39. The Hall–Kier alpha value is -2.11. The van der Waals surface area contributed by atoms with Crippen molar-refractivity contribution >= 4 is 5.91 Å². The number of aromatic nitrogens is 3. The van der Waals surface area contributed by atoms with Gasteiger partial charge in [-0.05, 0) is 31.9 Å². The fourth-order valence-electron chi connectivity index (χ4n) is 3.01. The van der Waals surface area contributed by atoms with Gasteiger partial charge in [-0.2, -0.15) is 0 Å². The predicted molar refractivity (Wildman–Crippen MR) is 86.0 cm³/mol. The van der Waals surface area contributed by atoms with Crippen LogP contribution in [0.1, 0.15) is 49.3 Å². The van der Waals surface area contributed by atoms with E-state index in [2.05, 4.69) is 17.2 Å². The second-order valence-electron chi connectivity index (χ2n) is 6.36. The molecule has 3 rings (SSSR count). The first-order chi connectivity index (χ1) is 11.1. The van der Waals surface area contributed by atoms with Crippen LogP contribution in [0.15, 0.2) is 22.7 Å². The fourth-order valence-corrected chi connectivity index (χ4v) is 3.01. The van der Waals surface area contributed by atoms with E-state index < -0.39 is 0 Å². The molecule has 2 aromatic heterocycles. The monoisotopic (exact) mass is 316 g/mol. The Morgan fingerprint density at radius 2 is 2.13 bits per heavy atom. The summed E-state index contributed by atoms with van der Waals surface area (Å²) < 4.78 is 7.42. The lowest BCUT2D eigenvalue weighted by Gasteiger charge is -2.14. The first-order valence-corrected chi connectivity index (χ1v) is 8.35. The van der Waals surface area contributed by atoms with Gasteiger partial charge in [0.05, 0.1) is 12.2 Å². The maximum Gasteiger partial charge on any atom is 0.224 e. The van der Waals surface area contributed by atoms with Crippen LogP contribution >= 0.6 is 0 Å². The van der Waals surface area contributed by atoms with Gasteiger partial charge in [0.2, 0.25) is 5.91 Å². The average Bonchev–Trinajstić information content (AvgIpc) is 3.26. The molecule has 6 nitrogen and oxygen atoms in total. The maximum absolute atomic E-state index is 12.0. The predicted octanol–water partition coefficient (Wildman–Crippen LogP) is 2.54. The smallest absolute Gasteiger partial charge is 0.224 e. The normalized spacial score (nSPS) is 16.0. The molecule has 23 heavy (non-hydrogen) atoms. The van der Waals surface area contributed by atoms with Crippen LogP contribution in [0.5, 0.6) is 0 Å². The molecule has 0 N–H and O–H groups in total. The lowest BCUT2D eigenvalue weighted by Crippen LogP contribution is -2.28. The molecule has 0 aliphatic carbocycles. The van der Waals surface area contributed by atoms with Crippen LogP contribution in [0.2, 0.25) is 0 Å². The Morgan fingerprint density at radius 3 is 2.83 bits per heavy atom. The minimum Gasteiger partial charge on any atom is -0.466 e. The quantitative estimate of drug-likeness (QED) is 0.821. The van der Waals surface area contributed by atoms with Crippen molar-refractivity contribution in [3.63, 3.8) is 0 Å².